The SMILES string of the molecule is CCCC1(COC)CCCN1c1cc(Cl)nc(N)n1. The van der Waals surface area contributed by atoms with Gasteiger partial charge in [-0.25, -0.2) is 4.98 Å². The minimum Gasteiger partial charge on any atom is -0.382 e. The molecule has 1 atom stereocenters. The molecule has 2 heterocycles. The summed E-state index contributed by atoms with van der Waals surface area (Å²) in [4.78, 5) is 10.5. The number of halogens is 1. The Kier molecular flexibility index (Phi) is 4.47. The lowest BCUT2D eigenvalue weighted by molar-refractivity contribution is 0.127. The molecule has 1 aliphatic rings. The molecule has 1 aromatic heterocycles. The average Bonchev–Trinajstić information content (AvgIpc) is 2.72. The van der Waals surface area contributed by atoms with Crippen LogP contribution >= 0.6 is 11.6 Å². The van der Waals surface area contributed by atoms with E-state index in [1.165, 1.54) is 0 Å². The van der Waals surface area contributed by atoms with Crippen molar-refractivity contribution in [2.75, 3.05) is 30.9 Å². The van der Waals surface area contributed by atoms with Gasteiger partial charge in [0.15, 0.2) is 0 Å². The first kappa shape index (κ1) is 14.3. The van der Waals surface area contributed by atoms with Crippen LogP contribution in [-0.4, -0.2) is 35.8 Å². The van der Waals surface area contributed by atoms with E-state index in [0.29, 0.717) is 11.8 Å². The molecule has 1 aliphatic heterocycles. The number of hydrogen-bond donors (Lipinski definition) is 1. The summed E-state index contributed by atoms with van der Waals surface area (Å²) in [5.41, 5.74) is 5.71. The van der Waals surface area contributed by atoms with Crippen LogP contribution in [0.25, 0.3) is 0 Å². The Bertz CT molecular complexity index is 414. The number of ether oxygens (including phenoxy) is 1. The lowest BCUT2D eigenvalue weighted by Gasteiger charge is -2.39. The quantitative estimate of drug-likeness (QED) is 0.842. The molecule has 5 nitrogen and oxygen atoms in total. The van der Waals surface area contributed by atoms with Crippen LogP contribution in [0, 0.1) is 0 Å². The molecule has 0 bridgehead atoms. The van der Waals surface area contributed by atoms with Crippen molar-refractivity contribution in [2.24, 2.45) is 0 Å². The predicted octanol–water partition coefficient (Wildman–Crippen LogP) is 2.50. The summed E-state index contributed by atoms with van der Waals surface area (Å²) >= 11 is 5.99. The largest absolute Gasteiger partial charge is 0.382 e. The number of nitrogens with two attached hydrogens (primary N) is 1. The lowest BCUT2D eigenvalue weighted by atomic mass is 9.91. The van der Waals surface area contributed by atoms with Gasteiger partial charge < -0.3 is 15.4 Å². The molecule has 1 aromatic rings. The van der Waals surface area contributed by atoms with Gasteiger partial charge in [-0.15, -0.1) is 0 Å². The van der Waals surface area contributed by atoms with E-state index in [2.05, 4.69) is 21.8 Å². The highest BCUT2D eigenvalue weighted by Gasteiger charge is 2.41. The summed E-state index contributed by atoms with van der Waals surface area (Å²) < 4.78 is 5.44. The zero-order valence-corrected chi connectivity index (χ0v) is 12.3. The van der Waals surface area contributed by atoms with Gasteiger partial charge >= 0.3 is 0 Å². The molecule has 0 aliphatic carbocycles. The van der Waals surface area contributed by atoms with Crippen molar-refractivity contribution < 1.29 is 4.74 Å². The molecule has 0 saturated carbocycles. The number of aromatic nitrogens is 2. The Hall–Kier alpha value is -1.07. The second-order valence-corrected chi connectivity index (χ2v) is 5.46. The number of methoxy groups -OCH3 is 1. The standard InChI is InChI=1S/C13H21ClN4O/c1-3-5-13(9-19-2)6-4-7-18(13)11-8-10(14)16-12(15)17-11/h8H,3-7,9H2,1-2H3,(H2,15,16,17). The van der Waals surface area contributed by atoms with Gasteiger partial charge in [-0.3, -0.25) is 0 Å². The minimum absolute atomic E-state index is 0.00756. The molecule has 0 amide bonds. The normalized spacial score (nSPS) is 23.0. The highest BCUT2D eigenvalue weighted by atomic mass is 35.5. The number of rotatable bonds is 5. The van der Waals surface area contributed by atoms with Gasteiger partial charge in [-0.05, 0) is 19.3 Å². The molecule has 1 fully saturated rings. The molecule has 1 unspecified atom stereocenters. The van der Waals surface area contributed by atoms with E-state index in [1.54, 1.807) is 13.2 Å². The van der Waals surface area contributed by atoms with Crippen molar-refractivity contribution in [1.29, 1.82) is 0 Å². The average molecular weight is 285 g/mol. The van der Waals surface area contributed by atoms with Gasteiger partial charge in [-0.1, -0.05) is 24.9 Å². The number of anilines is 2. The topological polar surface area (TPSA) is 64.3 Å². The van der Waals surface area contributed by atoms with E-state index in [1.807, 2.05) is 0 Å². The smallest absolute Gasteiger partial charge is 0.223 e. The van der Waals surface area contributed by atoms with E-state index in [4.69, 9.17) is 22.1 Å². The first-order chi connectivity index (χ1) is 9.11. The van der Waals surface area contributed by atoms with Crippen molar-refractivity contribution in [1.82, 2.24) is 9.97 Å². The van der Waals surface area contributed by atoms with Crippen LogP contribution in [0.15, 0.2) is 6.07 Å². The third-order valence-electron chi connectivity index (χ3n) is 3.70. The van der Waals surface area contributed by atoms with E-state index in [-0.39, 0.29) is 11.5 Å². The third-order valence-corrected chi connectivity index (χ3v) is 3.89. The number of nitrogens with zero attached hydrogens (tertiary/aromatic N) is 3. The molecular weight excluding hydrogens is 264 g/mol. The maximum atomic E-state index is 5.99. The maximum Gasteiger partial charge on any atom is 0.223 e. The van der Waals surface area contributed by atoms with Crippen molar-refractivity contribution in [3.8, 4) is 0 Å². The minimum atomic E-state index is 0.00756. The fourth-order valence-corrected chi connectivity index (χ4v) is 3.26. The molecule has 1 saturated heterocycles. The van der Waals surface area contributed by atoms with Crippen LogP contribution < -0.4 is 10.6 Å². The van der Waals surface area contributed by atoms with Gasteiger partial charge in [0.2, 0.25) is 5.95 Å². The highest BCUT2D eigenvalue weighted by molar-refractivity contribution is 6.29. The van der Waals surface area contributed by atoms with Crippen molar-refractivity contribution in [2.45, 2.75) is 38.1 Å². The fraction of sp³-hybridized carbons (Fsp3) is 0.692. The molecule has 19 heavy (non-hydrogen) atoms. The van der Waals surface area contributed by atoms with Gasteiger partial charge in [-0.2, -0.15) is 4.98 Å². The van der Waals surface area contributed by atoms with Crippen LogP contribution in [0.5, 0.6) is 0 Å². The Morgan fingerprint density at radius 2 is 2.32 bits per heavy atom. The summed E-state index contributed by atoms with van der Waals surface area (Å²) in [6.45, 7) is 3.84. The molecule has 0 radical (unpaired) electrons. The fourth-order valence-electron chi connectivity index (χ4n) is 3.07. The Morgan fingerprint density at radius 1 is 1.53 bits per heavy atom. The van der Waals surface area contributed by atoms with E-state index < -0.39 is 0 Å². The van der Waals surface area contributed by atoms with Crippen LogP contribution in [0.2, 0.25) is 5.15 Å². The predicted molar refractivity (Wildman–Crippen MR) is 77.5 cm³/mol. The Labute approximate surface area is 119 Å². The zero-order valence-electron chi connectivity index (χ0n) is 11.5. The van der Waals surface area contributed by atoms with E-state index in [9.17, 15) is 0 Å². The first-order valence-corrected chi connectivity index (χ1v) is 7.06. The van der Waals surface area contributed by atoms with Crippen molar-refractivity contribution >= 4 is 23.4 Å². The number of hydrogen-bond acceptors (Lipinski definition) is 5. The summed E-state index contributed by atoms with van der Waals surface area (Å²) in [6.07, 6.45) is 4.41. The molecule has 2 rings (SSSR count). The lowest BCUT2D eigenvalue weighted by Crippen LogP contribution is -2.48. The Morgan fingerprint density at radius 3 is 2.95 bits per heavy atom. The Balaban J connectivity index is 2.34. The van der Waals surface area contributed by atoms with Crippen molar-refractivity contribution in [3.05, 3.63) is 11.2 Å². The molecule has 0 aromatic carbocycles. The monoisotopic (exact) mass is 284 g/mol. The van der Waals surface area contributed by atoms with Gasteiger partial charge in [0.05, 0.1) is 12.1 Å². The maximum absolute atomic E-state index is 5.99. The van der Waals surface area contributed by atoms with E-state index >= 15 is 0 Å². The summed E-state index contributed by atoms with van der Waals surface area (Å²) in [6, 6.07) is 1.78. The number of nitrogen functional groups attached to an aromatic ring is 1. The van der Waals surface area contributed by atoms with Crippen LogP contribution in [-0.2, 0) is 4.74 Å². The van der Waals surface area contributed by atoms with Gasteiger partial charge in [0.1, 0.15) is 11.0 Å². The highest BCUT2D eigenvalue weighted by Crippen LogP contribution is 2.37. The molecule has 106 valence electrons. The van der Waals surface area contributed by atoms with Crippen LogP contribution in [0.4, 0.5) is 11.8 Å². The van der Waals surface area contributed by atoms with Crippen LogP contribution in [0.3, 0.4) is 0 Å². The molecular formula is C13H21ClN4O. The van der Waals surface area contributed by atoms with Crippen LogP contribution in [0.1, 0.15) is 32.6 Å². The van der Waals surface area contributed by atoms with E-state index in [0.717, 1.165) is 38.0 Å². The van der Waals surface area contributed by atoms with Gasteiger partial charge in [0.25, 0.3) is 0 Å². The second-order valence-electron chi connectivity index (χ2n) is 5.07. The zero-order chi connectivity index (χ0) is 13.9. The van der Waals surface area contributed by atoms with Gasteiger partial charge in [0, 0.05) is 19.7 Å². The molecule has 0 spiro atoms. The summed E-state index contributed by atoms with van der Waals surface area (Å²) in [7, 11) is 1.75. The molecule has 2 N–H and O–H groups in total. The third kappa shape index (κ3) is 2.92. The first-order valence-electron chi connectivity index (χ1n) is 6.68. The van der Waals surface area contributed by atoms with Crippen molar-refractivity contribution in [3.63, 3.8) is 0 Å². The molecule has 6 heteroatoms. The second kappa shape index (κ2) is 5.92. The summed E-state index contributed by atoms with van der Waals surface area (Å²) in [5.74, 6) is 1.03. The summed E-state index contributed by atoms with van der Waals surface area (Å²) in [5, 5.41) is 0.386.